The van der Waals surface area contributed by atoms with Crippen molar-refractivity contribution in [2.24, 2.45) is 0 Å². The molecule has 1 aliphatic rings. The van der Waals surface area contributed by atoms with Gasteiger partial charge in [0.05, 0.1) is 38.4 Å². The van der Waals surface area contributed by atoms with E-state index in [1.165, 1.54) is 18.7 Å². The van der Waals surface area contributed by atoms with Crippen LogP contribution in [0.5, 0.6) is 11.5 Å². The van der Waals surface area contributed by atoms with E-state index in [2.05, 4.69) is 15.7 Å². The molecule has 0 aliphatic carbocycles. The molecule has 2 aromatic rings. The first-order valence-corrected chi connectivity index (χ1v) is 8.56. The molecule has 0 saturated carbocycles. The number of hydrogen-bond donors (Lipinski definition) is 2. The molecule has 1 aromatic carbocycles. The van der Waals surface area contributed by atoms with Crippen LogP contribution in [0.3, 0.4) is 0 Å². The Kier molecular flexibility index (Phi) is 5.92. The molecule has 1 unspecified atom stereocenters. The van der Waals surface area contributed by atoms with Gasteiger partial charge in [0.1, 0.15) is 18.4 Å². The van der Waals surface area contributed by atoms with Crippen molar-refractivity contribution in [3.8, 4) is 11.5 Å². The second kappa shape index (κ2) is 8.54. The normalized spacial score (nSPS) is 16.0. The Bertz CT molecular complexity index is 814. The molecule has 1 atom stereocenters. The lowest BCUT2D eigenvalue weighted by atomic mass is 10.2. The Labute approximate surface area is 156 Å². The van der Waals surface area contributed by atoms with Crippen molar-refractivity contribution in [1.29, 1.82) is 0 Å². The minimum absolute atomic E-state index is 0.0119. The summed E-state index contributed by atoms with van der Waals surface area (Å²) in [6.45, 7) is 2.69. The van der Waals surface area contributed by atoms with Gasteiger partial charge in [-0.05, 0) is 18.2 Å². The number of rotatable bonds is 7. The molecule has 0 spiro atoms. The van der Waals surface area contributed by atoms with Crippen molar-refractivity contribution in [3.05, 3.63) is 30.6 Å². The first kappa shape index (κ1) is 18.7. The molecule has 1 saturated heterocycles. The summed E-state index contributed by atoms with van der Waals surface area (Å²) in [5, 5.41) is 9.58. The van der Waals surface area contributed by atoms with Crippen molar-refractivity contribution in [2.45, 2.75) is 26.0 Å². The van der Waals surface area contributed by atoms with Gasteiger partial charge < -0.3 is 24.8 Å². The minimum Gasteiger partial charge on any atom is -0.495 e. The quantitative estimate of drug-likeness (QED) is 0.764. The maximum atomic E-state index is 12.4. The zero-order valence-electron chi connectivity index (χ0n) is 15.2. The SMILES string of the molecule is COc1ccc(NC(C)=O)cc1NC(=O)Cn1cc(OC2CCOC2)cn1. The average molecular weight is 374 g/mol. The van der Waals surface area contributed by atoms with Crippen LogP contribution in [0.1, 0.15) is 13.3 Å². The standard InChI is InChI=1S/C18H22N4O5/c1-12(23)20-13-3-4-17(25-2)16(7-13)21-18(24)10-22-9-15(8-19-22)27-14-5-6-26-11-14/h3-4,7-9,14H,5-6,10-11H2,1-2H3,(H,20,23)(H,21,24). The first-order chi connectivity index (χ1) is 13.0. The number of hydrogen-bond acceptors (Lipinski definition) is 6. The maximum Gasteiger partial charge on any atom is 0.246 e. The highest BCUT2D eigenvalue weighted by Crippen LogP contribution is 2.28. The van der Waals surface area contributed by atoms with E-state index in [9.17, 15) is 9.59 Å². The molecule has 1 aromatic heterocycles. The molecule has 1 aliphatic heterocycles. The van der Waals surface area contributed by atoms with Gasteiger partial charge in [-0.15, -0.1) is 0 Å². The van der Waals surface area contributed by atoms with Gasteiger partial charge in [0.2, 0.25) is 11.8 Å². The van der Waals surface area contributed by atoms with E-state index in [1.54, 1.807) is 30.6 Å². The second-order valence-corrected chi connectivity index (χ2v) is 6.12. The number of carbonyl (C=O) groups excluding carboxylic acids is 2. The number of benzene rings is 1. The molecule has 2 heterocycles. The summed E-state index contributed by atoms with van der Waals surface area (Å²) in [7, 11) is 1.51. The summed E-state index contributed by atoms with van der Waals surface area (Å²) in [4.78, 5) is 23.6. The van der Waals surface area contributed by atoms with Crippen LogP contribution in [0.2, 0.25) is 0 Å². The molecule has 2 amide bonds. The predicted molar refractivity (Wildman–Crippen MR) is 98.0 cm³/mol. The number of nitrogens with zero attached hydrogens (tertiary/aromatic N) is 2. The van der Waals surface area contributed by atoms with Gasteiger partial charge in [0, 0.05) is 19.0 Å². The average Bonchev–Trinajstić information content (AvgIpc) is 3.27. The highest BCUT2D eigenvalue weighted by Gasteiger charge is 2.18. The van der Waals surface area contributed by atoms with Crippen molar-refractivity contribution in [3.63, 3.8) is 0 Å². The van der Waals surface area contributed by atoms with Gasteiger partial charge in [0.15, 0.2) is 5.75 Å². The molecule has 27 heavy (non-hydrogen) atoms. The van der Waals surface area contributed by atoms with E-state index in [0.29, 0.717) is 36.1 Å². The number of ether oxygens (including phenoxy) is 3. The lowest BCUT2D eigenvalue weighted by Crippen LogP contribution is -2.19. The van der Waals surface area contributed by atoms with Gasteiger partial charge in [-0.2, -0.15) is 5.10 Å². The number of aromatic nitrogens is 2. The Morgan fingerprint density at radius 2 is 2.22 bits per heavy atom. The third-order valence-corrected chi connectivity index (χ3v) is 3.90. The zero-order chi connectivity index (χ0) is 19.2. The van der Waals surface area contributed by atoms with E-state index in [-0.39, 0.29) is 24.5 Å². The number of anilines is 2. The summed E-state index contributed by atoms with van der Waals surface area (Å²) in [6.07, 6.45) is 4.11. The molecule has 0 radical (unpaired) electrons. The van der Waals surface area contributed by atoms with Gasteiger partial charge >= 0.3 is 0 Å². The summed E-state index contributed by atoms with van der Waals surface area (Å²) in [5.74, 6) is 0.605. The molecular weight excluding hydrogens is 352 g/mol. The Hall–Kier alpha value is -3.07. The van der Waals surface area contributed by atoms with E-state index >= 15 is 0 Å². The number of carbonyl (C=O) groups is 2. The first-order valence-electron chi connectivity index (χ1n) is 8.56. The molecule has 3 rings (SSSR count). The maximum absolute atomic E-state index is 12.4. The summed E-state index contributed by atoms with van der Waals surface area (Å²) in [6, 6.07) is 5.00. The highest BCUT2D eigenvalue weighted by molar-refractivity contribution is 5.94. The van der Waals surface area contributed by atoms with E-state index < -0.39 is 0 Å². The topological polar surface area (TPSA) is 104 Å². The summed E-state index contributed by atoms with van der Waals surface area (Å²) < 4.78 is 17.8. The van der Waals surface area contributed by atoms with Crippen LogP contribution in [0.15, 0.2) is 30.6 Å². The van der Waals surface area contributed by atoms with Crippen LogP contribution >= 0.6 is 0 Å². The lowest BCUT2D eigenvalue weighted by molar-refractivity contribution is -0.117. The lowest BCUT2D eigenvalue weighted by Gasteiger charge is -2.12. The Balaban J connectivity index is 1.61. The molecule has 2 N–H and O–H groups in total. The van der Waals surface area contributed by atoms with Gasteiger partial charge in [-0.1, -0.05) is 0 Å². The fourth-order valence-electron chi connectivity index (χ4n) is 2.71. The molecule has 9 nitrogen and oxygen atoms in total. The van der Waals surface area contributed by atoms with E-state index in [0.717, 1.165) is 6.42 Å². The van der Waals surface area contributed by atoms with Gasteiger partial charge in [0.25, 0.3) is 0 Å². The largest absolute Gasteiger partial charge is 0.495 e. The molecule has 1 fully saturated rings. The Morgan fingerprint density at radius 3 is 2.93 bits per heavy atom. The second-order valence-electron chi connectivity index (χ2n) is 6.12. The Morgan fingerprint density at radius 1 is 1.37 bits per heavy atom. The zero-order valence-corrected chi connectivity index (χ0v) is 15.2. The van der Waals surface area contributed by atoms with Crippen LogP contribution in [0.25, 0.3) is 0 Å². The number of methoxy groups -OCH3 is 1. The van der Waals surface area contributed by atoms with Crippen molar-refractivity contribution in [1.82, 2.24) is 9.78 Å². The fraction of sp³-hybridized carbons (Fsp3) is 0.389. The van der Waals surface area contributed by atoms with Crippen molar-refractivity contribution in [2.75, 3.05) is 31.0 Å². The monoisotopic (exact) mass is 374 g/mol. The van der Waals surface area contributed by atoms with Crippen LogP contribution in [0, 0.1) is 0 Å². The fourth-order valence-corrected chi connectivity index (χ4v) is 2.71. The third kappa shape index (κ3) is 5.20. The van der Waals surface area contributed by atoms with Crippen LogP contribution in [-0.2, 0) is 20.9 Å². The highest BCUT2D eigenvalue weighted by atomic mass is 16.5. The summed E-state index contributed by atoms with van der Waals surface area (Å²) >= 11 is 0. The number of amides is 2. The summed E-state index contributed by atoms with van der Waals surface area (Å²) in [5.41, 5.74) is 1.02. The van der Waals surface area contributed by atoms with Crippen molar-refractivity contribution < 1.29 is 23.8 Å². The minimum atomic E-state index is -0.285. The van der Waals surface area contributed by atoms with Crippen LogP contribution < -0.4 is 20.1 Å². The smallest absolute Gasteiger partial charge is 0.246 e. The van der Waals surface area contributed by atoms with E-state index in [1.807, 2.05) is 0 Å². The van der Waals surface area contributed by atoms with Crippen molar-refractivity contribution >= 4 is 23.2 Å². The molecular formula is C18H22N4O5. The molecule has 9 heteroatoms. The van der Waals surface area contributed by atoms with Crippen LogP contribution in [0.4, 0.5) is 11.4 Å². The number of nitrogens with one attached hydrogen (secondary N) is 2. The molecule has 0 bridgehead atoms. The van der Waals surface area contributed by atoms with E-state index in [4.69, 9.17) is 14.2 Å². The predicted octanol–water partition coefficient (Wildman–Crippen LogP) is 1.66. The third-order valence-electron chi connectivity index (χ3n) is 3.90. The van der Waals surface area contributed by atoms with Crippen LogP contribution in [-0.4, -0.2) is 48.0 Å². The van der Waals surface area contributed by atoms with Gasteiger partial charge in [-0.25, -0.2) is 0 Å². The molecule has 144 valence electrons. The van der Waals surface area contributed by atoms with Gasteiger partial charge in [-0.3, -0.25) is 14.3 Å².